The highest BCUT2D eigenvalue weighted by Gasteiger charge is 2.34. The third-order valence-corrected chi connectivity index (χ3v) is 6.73. The smallest absolute Gasteiger partial charge is 0.236 e. The number of likely N-dealkylation sites (tertiary alicyclic amines) is 1. The summed E-state index contributed by atoms with van der Waals surface area (Å²) in [6, 6.07) is 10.6. The Balaban J connectivity index is 1.65. The Bertz CT molecular complexity index is 662. The van der Waals surface area contributed by atoms with Crippen LogP contribution in [0.1, 0.15) is 44.1 Å². The number of nitrogens with zero attached hydrogens (tertiary/aromatic N) is 3. The first-order valence-corrected chi connectivity index (χ1v) is 11.2. The molecule has 1 unspecified atom stereocenters. The van der Waals surface area contributed by atoms with E-state index in [1.165, 1.54) is 18.4 Å². The second-order valence-electron chi connectivity index (χ2n) is 9.14. The topological polar surface area (TPSA) is 43.9 Å². The van der Waals surface area contributed by atoms with Gasteiger partial charge in [-0.15, -0.1) is 0 Å². The first-order chi connectivity index (χ1) is 14.0. The molecule has 2 aliphatic rings. The molecule has 160 valence electrons. The summed E-state index contributed by atoms with van der Waals surface area (Å²) in [5.74, 6) is 1.23. The van der Waals surface area contributed by atoms with Gasteiger partial charge in [-0.2, -0.15) is 0 Å². The van der Waals surface area contributed by atoms with E-state index in [1.54, 1.807) is 0 Å². The molecule has 1 saturated carbocycles. The van der Waals surface area contributed by atoms with Crippen LogP contribution in [0.4, 0.5) is 0 Å². The van der Waals surface area contributed by atoms with Gasteiger partial charge in [-0.3, -0.25) is 9.59 Å². The van der Waals surface area contributed by atoms with Crippen LogP contribution in [0.2, 0.25) is 0 Å². The average Bonchev–Trinajstić information content (AvgIpc) is 3.26. The molecule has 2 fully saturated rings. The van der Waals surface area contributed by atoms with E-state index in [0.717, 1.165) is 45.2 Å². The van der Waals surface area contributed by atoms with Crippen molar-refractivity contribution in [2.24, 2.45) is 11.8 Å². The van der Waals surface area contributed by atoms with Crippen molar-refractivity contribution in [3.8, 4) is 0 Å². The number of likely N-dealkylation sites (N-methyl/N-ethyl adjacent to an activating group) is 2. The summed E-state index contributed by atoms with van der Waals surface area (Å²) in [4.78, 5) is 31.6. The lowest BCUT2D eigenvalue weighted by molar-refractivity contribution is -0.139. The van der Waals surface area contributed by atoms with Gasteiger partial charge in [0, 0.05) is 32.1 Å². The van der Waals surface area contributed by atoms with Crippen molar-refractivity contribution < 1.29 is 9.59 Å². The Morgan fingerprint density at radius 2 is 1.62 bits per heavy atom. The standard InChI is InChI=1S/C24H37N3O2/c1-25(2)18-23(28)26(3)22(17-19-9-5-4-6-10-19)20-13-15-27(16-14-20)24(29)21-11-7-8-12-21/h4-6,9-10,20-22H,7-8,11-18H2,1-3H3. The van der Waals surface area contributed by atoms with Gasteiger partial charge < -0.3 is 14.7 Å². The van der Waals surface area contributed by atoms with Crippen molar-refractivity contribution >= 4 is 11.8 Å². The molecule has 0 aromatic heterocycles. The number of amides is 2. The highest BCUT2D eigenvalue weighted by atomic mass is 16.2. The molecule has 1 aliphatic heterocycles. The zero-order valence-corrected chi connectivity index (χ0v) is 18.3. The Hall–Kier alpha value is -1.88. The van der Waals surface area contributed by atoms with Gasteiger partial charge >= 0.3 is 0 Å². The number of carbonyl (C=O) groups excluding carboxylic acids is 2. The first-order valence-electron chi connectivity index (χ1n) is 11.2. The Labute approximate surface area is 176 Å². The molecular formula is C24H37N3O2. The third kappa shape index (κ3) is 5.81. The number of carbonyl (C=O) groups is 2. The fourth-order valence-electron chi connectivity index (χ4n) is 4.98. The summed E-state index contributed by atoms with van der Waals surface area (Å²) in [5.41, 5.74) is 1.27. The zero-order valence-electron chi connectivity index (χ0n) is 18.3. The second kappa shape index (κ2) is 10.2. The lowest BCUT2D eigenvalue weighted by Crippen LogP contribution is -2.50. The molecule has 0 bridgehead atoms. The number of hydrogen-bond acceptors (Lipinski definition) is 3. The van der Waals surface area contributed by atoms with Crippen molar-refractivity contribution in [3.05, 3.63) is 35.9 Å². The fraction of sp³-hybridized carbons (Fsp3) is 0.667. The van der Waals surface area contributed by atoms with Gasteiger partial charge in [-0.25, -0.2) is 0 Å². The molecular weight excluding hydrogens is 362 g/mol. The van der Waals surface area contributed by atoms with Crippen LogP contribution in [0.25, 0.3) is 0 Å². The molecule has 1 atom stereocenters. The van der Waals surface area contributed by atoms with E-state index in [2.05, 4.69) is 29.2 Å². The first kappa shape index (κ1) is 21.8. The molecule has 1 aromatic rings. The van der Waals surface area contributed by atoms with E-state index >= 15 is 0 Å². The van der Waals surface area contributed by atoms with Crippen LogP contribution in [0.3, 0.4) is 0 Å². The molecule has 0 spiro atoms. The van der Waals surface area contributed by atoms with Crippen LogP contribution in [-0.2, 0) is 16.0 Å². The number of hydrogen-bond donors (Lipinski definition) is 0. The van der Waals surface area contributed by atoms with E-state index < -0.39 is 0 Å². The Kier molecular flexibility index (Phi) is 7.70. The van der Waals surface area contributed by atoms with Gasteiger partial charge in [0.05, 0.1) is 6.54 Å². The van der Waals surface area contributed by atoms with Gasteiger partial charge in [0.15, 0.2) is 0 Å². The molecule has 5 heteroatoms. The third-order valence-electron chi connectivity index (χ3n) is 6.73. The molecule has 29 heavy (non-hydrogen) atoms. The normalized spacial score (nSPS) is 19.5. The molecule has 1 saturated heterocycles. The predicted octanol–water partition coefficient (Wildman–Crippen LogP) is 3.05. The summed E-state index contributed by atoms with van der Waals surface area (Å²) in [7, 11) is 5.83. The summed E-state index contributed by atoms with van der Waals surface area (Å²) in [6.07, 6.45) is 7.37. The highest BCUT2D eigenvalue weighted by Crippen LogP contribution is 2.31. The molecule has 0 radical (unpaired) electrons. The molecule has 3 rings (SSSR count). The van der Waals surface area contributed by atoms with Crippen LogP contribution < -0.4 is 0 Å². The van der Waals surface area contributed by atoms with Crippen molar-refractivity contribution in [2.45, 2.75) is 51.0 Å². The molecule has 2 amide bonds. The van der Waals surface area contributed by atoms with Gasteiger partial charge in [0.25, 0.3) is 0 Å². The minimum Gasteiger partial charge on any atom is -0.342 e. The SMILES string of the molecule is CN(C)CC(=O)N(C)C(Cc1ccccc1)C1CCN(C(=O)C2CCCC2)CC1. The molecule has 5 nitrogen and oxygen atoms in total. The maximum atomic E-state index is 12.8. The van der Waals surface area contributed by atoms with Gasteiger partial charge in [0.2, 0.25) is 11.8 Å². The summed E-state index contributed by atoms with van der Waals surface area (Å²) in [5, 5.41) is 0. The zero-order chi connectivity index (χ0) is 20.8. The molecule has 0 N–H and O–H groups in total. The summed E-state index contributed by atoms with van der Waals surface area (Å²) >= 11 is 0. The number of benzene rings is 1. The average molecular weight is 400 g/mol. The van der Waals surface area contributed by atoms with Crippen LogP contribution in [-0.4, -0.2) is 73.3 Å². The molecule has 1 aliphatic carbocycles. The number of rotatable bonds is 7. The summed E-state index contributed by atoms with van der Waals surface area (Å²) < 4.78 is 0. The molecule has 1 heterocycles. The maximum Gasteiger partial charge on any atom is 0.236 e. The second-order valence-corrected chi connectivity index (χ2v) is 9.14. The van der Waals surface area contributed by atoms with E-state index in [9.17, 15) is 9.59 Å². The highest BCUT2D eigenvalue weighted by molar-refractivity contribution is 5.79. The minimum absolute atomic E-state index is 0.167. The van der Waals surface area contributed by atoms with E-state index in [0.29, 0.717) is 18.4 Å². The number of piperidine rings is 1. The predicted molar refractivity (Wildman–Crippen MR) is 117 cm³/mol. The summed E-state index contributed by atoms with van der Waals surface area (Å²) in [6.45, 7) is 2.10. The van der Waals surface area contributed by atoms with Crippen molar-refractivity contribution in [1.29, 1.82) is 0 Å². The Morgan fingerprint density at radius 1 is 1.00 bits per heavy atom. The van der Waals surface area contributed by atoms with Gasteiger partial charge in [-0.05, 0) is 57.7 Å². The molecule has 1 aromatic carbocycles. The van der Waals surface area contributed by atoms with E-state index in [4.69, 9.17) is 0 Å². The lowest BCUT2D eigenvalue weighted by Gasteiger charge is -2.41. The van der Waals surface area contributed by atoms with Crippen molar-refractivity contribution in [3.63, 3.8) is 0 Å². The monoisotopic (exact) mass is 399 g/mol. The van der Waals surface area contributed by atoms with Crippen molar-refractivity contribution in [1.82, 2.24) is 14.7 Å². The van der Waals surface area contributed by atoms with Gasteiger partial charge in [-0.1, -0.05) is 43.2 Å². The van der Waals surface area contributed by atoms with Crippen molar-refractivity contribution in [2.75, 3.05) is 40.8 Å². The van der Waals surface area contributed by atoms with Crippen LogP contribution in [0.5, 0.6) is 0 Å². The Morgan fingerprint density at radius 3 is 2.21 bits per heavy atom. The maximum absolute atomic E-state index is 12.8. The largest absolute Gasteiger partial charge is 0.342 e. The van der Waals surface area contributed by atoms with Gasteiger partial charge in [0.1, 0.15) is 0 Å². The lowest BCUT2D eigenvalue weighted by atomic mass is 9.84. The quantitative estimate of drug-likeness (QED) is 0.708. The van der Waals surface area contributed by atoms with E-state index in [1.807, 2.05) is 37.0 Å². The minimum atomic E-state index is 0.167. The van der Waals surface area contributed by atoms with E-state index in [-0.39, 0.29) is 17.9 Å². The van der Waals surface area contributed by atoms with Crippen LogP contribution in [0, 0.1) is 11.8 Å². The fourth-order valence-corrected chi connectivity index (χ4v) is 4.98. The van der Waals surface area contributed by atoms with Crippen LogP contribution >= 0.6 is 0 Å². The van der Waals surface area contributed by atoms with Crippen LogP contribution in [0.15, 0.2) is 30.3 Å².